The molecule has 0 fully saturated rings. The molecule has 0 aliphatic carbocycles. The average molecular weight is 374 g/mol. The van der Waals surface area contributed by atoms with Crippen molar-refractivity contribution >= 4 is 34.8 Å². The van der Waals surface area contributed by atoms with Crippen molar-refractivity contribution in [2.24, 2.45) is 0 Å². The maximum absolute atomic E-state index is 12.3. The van der Waals surface area contributed by atoms with Gasteiger partial charge in [-0.1, -0.05) is 0 Å². The lowest BCUT2D eigenvalue weighted by molar-refractivity contribution is -0.114. The van der Waals surface area contributed by atoms with Crippen LogP contribution >= 0.6 is 0 Å². The molecule has 140 valence electrons. The fourth-order valence-corrected chi connectivity index (χ4v) is 2.46. The number of hydrogen-bond donors (Lipinski definition) is 3. The summed E-state index contributed by atoms with van der Waals surface area (Å²) in [6, 6.07) is 16.6. The molecule has 3 rings (SSSR count). The molecule has 7 nitrogen and oxygen atoms in total. The monoisotopic (exact) mass is 374 g/mol. The molecule has 0 radical (unpaired) electrons. The minimum Gasteiger partial charge on any atom is -0.326 e. The Labute approximate surface area is 161 Å². The number of amides is 3. The van der Waals surface area contributed by atoms with Crippen molar-refractivity contribution in [2.75, 3.05) is 16.0 Å². The van der Waals surface area contributed by atoms with Gasteiger partial charge in [0.05, 0.1) is 11.9 Å². The standard InChI is InChI=1S/C21H18N4O3/c1-14(26)23-17-8-4-15(5-9-17)20(27)24-18-10-6-16(7-11-18)21(28)25-19-3-2-12-22-13-19/h2-13H,1H3,(H,23,26)(H,24,27)(H,25,28). The first-order chi connectivity index (χ1) is 13.5. The van der Waals surface area contributed by atoms with Gasteiger partial charge in [-0.3, -0.25) is 19.4 Å². The third-order valence-electron chi connectivity index (χ3n) is 3.79. The van der Waals surface area contributed by atoms with Gasteiger partial charge >= 0.3 is 0 Å². The van der Waals surface area contributed by atoms with Crippen LogP contribution in [-0.4, -0.2) is 22.7 Å². The van der Waals surface area contributed by atoms with Crippen LogP contribution < -0.4 is 16.0 Å². The number of carbonyl (C=O) groups excluding carboxylic acids is 3. The summed E-state index contributed by atoms with van der Waals surface area (Å²) >= 11 is 0. The largest absolute Gasteiger partial charge is 0.326 e. The summed E-state index contributed by atoms with van der Waals surface area (Å²) in [6.45, 7) is 1.42. The molecular weight excluding hydrogens is 356 g/mol. The van der Waals surface area contributed by atoms with Crippen LogP contribution in [0.25, 0.3) is 0 Å². The summed E-state index contributed by atoms with van der Waals surface area (Å²) in [5.41, 5.74) is 2.70. The number of nitrogens with zero attached hydrogens (tertiary/aromatic N) is 1. The highest BCUT2D eigenvalue weighted by molar-refractivity contribution is 6.06. The van der Waals surface area contributed by atoms with E-state index in [2.05, 4.69) is 20.9 Å². The Balaban J connectivity index is 1.61. The minimum absolute atomic E-state index is 0.176. The summed E-state index contributed by atoms with van der Waals surface area (Å²) in [5, 5.41) is 8.15. The second kappa shape index (κ2) is 8.59. The summed E-state index contributed by atoms with van der Waals surface area (Å²) in [6.07, 6.45) is 3.18. The van der Waals surface area contributed by atoms with E-state index in [1.54, 1.807) is 73.1 Å². The van der Waals surface area contributed by atoms with E-state index < -0.39 is 0 Å². The van der Waals surface area contributed by atoms with Gasteiger partial charge < -0.3 is 16.0 Å². The SMILES string of the molecule is CC(=O)Nc1ccc(C(=O)Nc2ccc(C(=O)Nc3cccnc3)cc2)cc1. The summed E-state index contributed by atoms with van der Waals surface area (Å²) < 4.78 is 0. The van der Waals surface area contributed by atoms with E-state index in [9.17, 15) is 14.4 Å². The van der Waals surface area contributed by atoms with Crippen molar-refractivity contribution in [1.82, 2.24) is 4.98 Å². The minimum atomic E-state index is -0.290. The molecule has 0 aliphatic rings. The highest BCUT2D eigenvalue weighted by Gasteiger charge is 2.09. The molecule has 3 aromatic rings. The highest BCUT2D eigenvalue weighted by Crippen LogP contribution is 2.15. The quantitative estimate of drug-likeness (QED) is 0.636. The zero-order valence-corrected chi connectivity index (χ0v) is 15.1. The van der Waals surface area contributed by atoms with Gasteiger partial charge in [-0.05, 0) is 60.7 Å². The number of hydrogen-bond acceptors (Lipinski definition) is 4. The molecule has 1 heterocycles. The Hall–Kier alpha value is -4.00. The van der Waals surface area contributed by atoms with Gasteiger partial charge in [-0.2, -0.15) is 0 Å². The fraction of sp³-hybridized carbons (Fsp3) is 0.0476. The smallest absolute Gasteiger partial charge is 0.255 e. The Morgan fingerprint density at radius 2 is 1.18 bits per heavy atom. The third kappa shape index (κ3) is 5.01. The third-order valence-corrected chi connectivity index (χ3v) is 3.79. The second-order valence-corrected chi connectivity index (χ2v) is 5.99. The van der Waals surface area contributed by atoms with Gasteiger partial charge in [0.15, 0.2) is 0 Å². The molecular formula is C21H18N4O3. The van der Waals surface area contributed by atoms with Crippen LogP contribution in [0.4, 0.5) is 17.1 Å². The van der Waals surface area contributed by atoms with Crippen molar-refractivity contribution in [3.63, 3.8) is 0 Å². The summed E-state index contributed by atoms with van der Waals surface area (Å²) in [7, 11) is 0. The van der Waals surface area contributed by atoms with Crippen molar-refractivity contribution in [3.8, 4) is 0 Å². The molecule has 28 heavy (non-hydrogen) atoms. The topological polar surface area (TPSA) is 100 Å². The van der Waals surface area contributed by atoms with Gasteiger partial charge in [0.25, 0.3) is 11.8 Å². The molecule has 7 heteroatoms. The Morgan fingerprint density at radius 1 is 0.679 bits per heavy atom. The number of pyridine rings is 1. The molecule has 0 spiro atoms. The van der Waals surface area contributed by atoms with Gasteiger partial charge in [-0.25, -0.2) is 0 Å². The van der Waals surface area contributed by atoms with Crippen molar-refractivity contribution in [2.45, 2.75) is 6.92 Å². The number of benzene rings is 2. The molecule has 2 aromatic carbocycles. The normalized spacial score (nSPS) is 10.0. The molecule has 0 atom stereocenters. The summed E-state index contributed by atoms with van der Waals surface area (Å²) in [4.78, 5) is 39.5. The van der Waals surface area contributed by atoms with Gasteiger partial charge in [0.1, 0.15) is 0 Å². The van der Waals surface area contributed by atoms with E-state index in [1.165, 1.54) is 6.92 Å². The lowest BCUT2D eigenvalue weighted by Gasteiger charge is -2.08. The highest BCUT2D eigenvalue weighted by atomic mass is 16.2. The van der Waals surface area contributed by atoms with Crippen LogP contribution in [-0.2, 0) is 4.79 Å². The molecule has 0 saturated heterocycles. The van der Waals surface area contributed by atoms with Crippen LogP contribution in [0.5, 0.6) is 0 Å². The number of carbonyl (C=O) groups is 3. The lowest BCUT2D eigenvalue weighted by Crippen LogP contribution is -2.14. The fourth-order valence-electron chi connectivity index (χ4n) is 2.46. The zero-order chi connectivity index (χ0) is 19.9. The average Bonchev–Trinajstić information content (AvgIpc) is 2.69. The van der Waals surface area contributed by atoms with Crippen molar-refractivity contribution in [1.29, 1.82) is 0 Å². The number of nitrogens with one attached hydrogen (secondary N) is 3. The van der Waals surface area contributed by atoms with E-state index in [0.29, 0.717) is 28.2 Å². The molecule has 0 unspecified atom stereocenters. The first-order valence-electron chi connectivity index (χ1n) is 8.52. The molecule has 3 N–H and O–H groups in total. The summed E-state index contributed by atoms with van der Waals surface area (Å²) in [5.74, 6) is -0.730. The van der Waals surface area contributed by atoms with E-state index >= 15 is 0 Å². The molecule has 3 amide bonds. The predicted molar refractivity (Wildman–Crippen MR) is 107 cm³/mol. The van der Waals surface area contributed by atoms with Gasteiger partial charge in [0.2, 0.25) is 5.91 Å². The van der Waals surface area contributed by atoms with E-state index in [4.69, 9.17) is 0 Å². The van der Waals surface area contributed by atoms with Crippen LogP contribution in [0.15, 0.2) is 73.1 Å². The second-order valence-electron chi connectivity index (χ2n) is 5.99. The van der Waals surface area contributed by atoms with Crippen molar-refractivity contribution < 1.29 is 14.4 Å². The van der Waals surface area contributed by atoms with Crippen LogP contribution in [0.3, 0.4) is 0 Å². The number of aromatic nitrogens is 1. The number of rotatable bonds is 5. The lowest BCUT2D eigenvalue weighted by atomic mass is 10.1. The maximum atomic E-state index is 12.3. The molecule has 0 saturated carbocycles. The Kier molecular flexibility index (Phi) is 5.76. The van der Waals surface area contributed by atoms with Gasteiger partial charge in [0, 0.05) is 35.6 Å². The Morgan fingerprint density at radius 3 is 1.64 bits per heavy atom. The van der Waals surface area contributed by atoms with E-state index in [1.807, 2.05) is 0 Å². The van der Waals surface area contributed by atoms with Crippen LogP contribution in [0, 0.1) is 0 Å². The Bertz CT molecular complexity index is 984. The van der Waals surface area contributed by atoms with Gasteiger partial charge in [-0.15, -0.1) is 0 Å². The molecule has 0 aliphatic heterocycles. The zero-order valence-electron chi connectivity index (χ0n) is 15.1. The maximum Gasteiger partial charge on any atom is 0.255 e. The van der Waals surface area contributed by atoms with Crippen molar-refractivity contribution in [3.05, 3.63) is 84.2 Å². The molecule has 1 aromatic heterocycles. The van der Waals surface area contributed by atoms with Crippen LogP contribution in [0.2, 0.25) is 0 Å². The first-order valence-corrected chi connectivity index (χ1v) is 8.52. The van der Waals surface area contributed by atoms with Crippen LogP contribution in [0.1, 0.15) is 27.6 Å². The molecule has 0 bridgehead atoms. The number of anilines is 3. The predicted octanol–water partition coefficient (Wildman–Crippen LogP) is 3.54. The first kappa shape index (κ1) is 18.8. The van der Waals surface area contributed by atoms with E-state index in [0.717, 1.165) is 0 Å². The van der Waals surface area contributed by atoms with E-state index in [-0.39, 0.29) is 17.7 Å².